The van der Waals surface area contributed by atoms with Gasteiger partial charge in [0.15, 0.2) is 0 Å². The number of esters is 1. The maximum Gasteiger partial charge on any atom is 0.341 e. The van der Waals surface area contributed by atoms with Crippen LogP contribution in [0.1, 0.15) is 28.9 Å². The lowest BCUT2D eigenvalue weighted by atomic mass is 9.83. The Labute approximate surface area is 111 Å². The van der Waals surface area contributed by atoms with Gasteiger partial charge in [0.2, 0.25) is 0 Å². The summed E-state index contributed by atoms with van der Waals surface area (Å²) in [6, 6.07) is 2.27. The zero-order chi connectivity index (χ0) is 13.9. The second-order valence-corrected chi connectivity index (χ2v) is 4.85. The van der Waals surface area contributed by atoms with Crippen LogP contribution in [0.5, 0.6) is 0 Å². The van der Waals surface area contributed by atoms with Gasteiger partial charge < -0.3 is 9.47 Å². The number of nitrogens with zero attached hydrogens (tertiary/aromatic N) is 3. The lowest BCUT2D eigenvalue weighted by Crippen LogP contribution is -2.33. The third-order valence-electron chi connectivity index (χ3n) is 3.62. The molecule has 102 valence electrons. The first kappa shape index (κ1) is 13.6. The van der Waals surface area contributed by atoms with Crippen LogP contribution < -0.4 is 0 Å². The number of aryl methyl sites for hydroxylation is 1. The van der Waals surface area contributed by atoms with E-state index in [2.05, 4.69) is 11.2 Å². The van der Waals surface area contributed by atoms with Crippen LogP contribution in [0, 0.1) is 23.7 Å². The topological polar surface area (TPSA) is 77.1 Å². The molecule has 2 rings (SSSR count). The highest BCUT2D eigenvalue weighted by Crippen LogP contribution is 2.30. The lowest BCUT2D eigenvalue weighted by molar-refractivity contribution is -0.00471. The largest absolute Gasteiger partial charge is 0.460 e. The Morgan fingerprint density at radius 3 is 2.84 bits per heavy atom. The molecule has 1 fully saturated rings. The van der Waals surface area contributed by atoms with Gasteiger partial charge in [0, 0.05) is 26.0 Å². The second kappa shape index (κ2) is 5.41. The van der Waals surface area contributed by atoms with Crippen molar-refractivity contribution in [2.24, 2.45) is 12.5 Å². The minimum atomic E-state index is -0.607. The van der Waals surface area contributed by atoms with Crippen molar-refractivity contribution in [1.82, 2.24) is 9.78 Å². The SMILES string of the molecule is Cc1c(C(=O)OCC2(C#N)CCOCC2)cnn1C. The van der Waals surface area contributed by atoms with E-state index < -0.39 is 11.4 Å². The summed E-state index contributed by atoms with van der Waals surface area (Å²) in [5.74, 6) is -0.424. The Morgan fingerprint density at radius 2 is 2.32 bits per heavy atom. The van der Waals surface area contributed by atoms with E-state index in [4.69, 9.17) is 9.47 Å². The number of carbonyl (C=O) groups is 1. The molecule has 1 saturated heterocycles. The molecule has 0 amide bonds. The Kier molecular flexibility index (Phi) is 3.86. The van der Waals surface area contributed by atoms with E-state index in [1.807, 2.05) is 0 Å². The standard InChI is InChI=1S/C13H17N3O3/c1-10-11(7-15-16(10)2)12(17)19-9-13(8-14)3-5-18-6-4-13/h7H,3-6,9H2,1-2H3. The third kappa shape index (κ3) is 2.76. The fourth-order valence-electron chi connectivity index (χ4n) is 2.03. The predicted molar refractivity (Wildman–Crippen MR) is 66.3 cm³/mol. The number of rotatable bonds is 3. The van der Waals surface area contributed by atoms with Crippen molar-refractivity contribution in [3.8, 4) is 6.07 Å². The first-order chi connectivity index (χ1) is 9.08. The molecule has 0 spiro atoms. The van der Waals surface area contributed by atoms with Crippen molar-refractivity contribution >= 4 is 5.97 Å². The van der Waals surface area contributed by atoms with Gasteiger partial charge in [-0.05, 0) is 19.8 Å². The molecule has 2 heterocycles. The summed E-state index contributed by atoms with van der Waals surface area (Å²) in [5.41, 5.74) is 0.593. The molecule has 0 aliphatic carbocycles. The van der Waals surface area contributed by atoms with E-state index in [1.165, 1.54) is 6.20 Å². The molecule has 19 heavy (non-hydrogen) atoms. The van der Waals surface area contributed by atoms with E-state index in [0.29, 0.717) is 31.6 Å². The summed E-state index contributed by atoms with van der Waals surface area (Å²) < 4.78 is 12.1. The first-order valence-electron chi connectivity index (χ1n) is 6.23. The number of hydrogen-bond acceptors (Lipinski definition) is 5. The molecule has 1 aromatic heterocycles. The molecular formula is C13H17N3O3. The summed E-state index contributed by atoms with van der Waals surface area (Å²) in [5, 5.41) is 13.3. The number of hydrogen-bond donors (Lipinski definition) is 0. The summed E-state index contributed by atoms with van der Waals surface area (Å²) in [7, 11) is 1.77. The summed E-state index contributed by atoms with van der Waals surface area (Å²) >= 11 is 0. The van der Waals surface area contributed by atoms with Crippen LogP contribution >= 0.6 is 0 Å². The van der Waals surface area contributed by atoms with Gasteiger partial charge in [0.25, 0.3) is 0 Å². The van der Waals surface area contributed by atoms with E-state index in [1.54, 1.807) is 18.7 Å². The fourth-order valence-corrected chi connectivity index (χ4v) is 2.03. The van der Waals surface area contributed by atoms with Gasteiger partial charge in [-0.3, -0.25) is 4.68 Å². The quantitative estimate of drug-likeness (QED) is 0.766. The second-order valence-electron chi connectivity index (χ2n) is 4.85. The summed E-state index contributed by atoms with van der Waals surface area (Å²) in [6.45, 7) is 2.99. The highest BCUT2D eigenvalue weighted by molar-refractivity contribution is 5.90. The Hall–Kier alpha value is -1.87. The number of aromatic nitrogens is 2. The van der Waals surface area contributed by atoms with E-state index in [9.17, 15) is 10.1 Å². The van der Waals surface area contributed by atoms with Gasteiger partial charge in [-0.2, -0.15) is 10.4 Å². The molecule has 6 heteroatoms. The first-order valence-corrected chi connectivity index (χ1v) is 6.23. The van der Waals surface area contributed by atoms with Crippen LogP contribution in [0.25, 0.3) is 0 Å². The average molecular weight is 263 g/mol. The number of nitriles is 1. The van der Waals surface area contributed by atoms with Crippen LogP contribution in [0.3, 0.4) is 0 Å². The molecular weight excluding hydrogens is 246 g/mol. The molecule has 0 atom stereocenters. The molecule has 0 N–H and O–H groups in total. The summed E-state index contributed by atoms with van der Waals surface area (Å²) in [4.78, 5) is 12.0. The normalized spacial score (nSPS) is 17.7. The van der Waals surface area contributed by atoms with Crippen LogP contribution in [0.4, 0.5) is 0 Å². The van der Waals surface area contributed by atoms with Gasteiger partial charge in [0.1, 0.15) is 12.2 Å². The number of ether oxygens (including phenoxy) is 2. The lowest BCUT2D eigenvalue weighted by Gasteiger charge is -2.29. The molecule has 0 bridgehead atoms. The van der Waals surface area contributed by atoms with Crippen LogP contribution in [-0.2, 0) is 16.5 Å². The highest BCUT2D eigenvalue weighted by atomic mass is 16.5. The van der Waals surface area contributed by atoms with Crippen molar-refractivity contribution in [1.29, 1.82) is 5.26 Å². The van der Waals surface area contributed by atoms with Crippen molar-refractivity contribution in [3.05, 3.63) is 17.5 Å². The number of carbonyl (C=O) groups excluding carboxylic acids is 1. The van der Waals surface area contributed by atoms with Crippen LogP contribution in [0.15, 0.2) is 6.20 Å². The highest BCUT2D eigenvalue weighted by Gasteiger charge is 2.34. The van der Waals surface area contributed by atoms with Crippen LogP contribution in [-0.4, -0.2) is 35.6 Å². The fraction of sp³-hybridized carbons (Fsp3) is 0.615. The van der Waals surface area contributed by atoms with E-state index >= 15 is 0 Å². The third-order valence-corrected chi connectivity index (χ3v) is 3.62. The predicted octanol–water partition coefficient (Wildman–Crippen LogP) is 1.21. The minimum absolute atomic E-state index is 0.111. The minimum Gasteiger partial charge on any atom is -0.460 e. The zero-order valence-electron chi connectivity index (χ0n) is 11.2. The van der Waals surface area contributed by atoms with Gasteiger partial charge in [-0.25, -0.2) is 4.79 Å². The van der Waals surface area contributed by atoms with Crippen LogP contribution in [0.2, 0.25) is 0 Å². The molecule has 6 nitrogen and oxygen atoms in total. The van der Waals surface area contributed by atoms with Gasteiger partial charge in [0.05, 0.1) is 17.7 Å². The smallest absolute Gasteiger partial charge is 0.341 e. The van der Waals surface area contributed by atoms with E-state index in [-0.39, 0.29) is 6.61 Å². The monoisotopic (exact) mass is 263 g/mol. The van der Waals surface area contributed by atoms with E-state index in [0.717, 1.165) is 5.69 Å². The van der Waals surface area contributed by atoms with Gasteiger partial charge in [-0.1, -0.05) is 0 Å². The van der Waals surface area contributed by atoms with Gasteiger partial charge >= 0.3 is 5.97 Å². The Balaban J connectivity index is 2.00. The molecule has 0 aromatic carbocycles. The molecule has 1 aromatic rings. The Bertz CT molecular complexity index is 510. The maximum atomic E-state index is 12.0. The molecule has 1 aliphatic rings. The molecule has 0 saturated carbocycles. The maximum absolute atomic E-state index is 12.0. The molecule has 0 unspecified atom stereocenters. The Morgan fingerprint density at radius 1 is 1.63 bits per heavy atom. The summed E-state index contributed by atoms with van der Waals surface area (Å²) in [6.07, 6.45) is 2.69. The van der Waals surface area contributed by atoms with Crippen molar-refractivity contribution in [3.63, 3.8) is 0 Å². The molecule has 0 radical (unpaired) electrons. The van der Waals surface area contributed by atoms with Crippen molar-refractivity contribution < 1.29 is 14.3 Å². The van der Waals surface area contributed by atoms with Crippen molar-refractivity contribution in [2.45, 2.75) is 19.8 Å². The zero-order valence-corrected chi connectivity index (χ0v) is 11.2. The average Bonchev–Trinajstić information content (AvgIpc) is 2.77. The van der Waals surface area contributed by atoms with Crippen molar-refractivity contribution in [2.75, 3.05) is 19.8 Å². The van der Waals surface area contributed by atoms with Gasteiger partial charge in [-0.15, -0.1) is 0 Å². The molecule has 1 aliphatic heterocycles.